The summed E-state index contributed by atoms with van der Waals surface area (Å²) in [4.78, 5) is 27.0. The third kappa shape index (κ3) is 7.16. The van der Waals surface area contributed by atoms with Crippen molar-refractivity contribution in [1.29, 1.82) is 0 Å². The van der Waals surface area contributed by atoms with Crippen LogP contribution in [0.4, 0.5) is 4.39 Å². The summed E-state index contributed by atoms with van der Waals surface area (Å²) in [5, 5.41) is 2.89. The fourth-order valence-electron chi connectivity index (χ4n) is 2.63. The number of hydrogen-bond acceptors (Lipinski definition) is 3. The first kappa shape index (κ1) is 22.9. The fraction of sp³-hybridized carbons (Fsp3) is 0.364. The number of nitrogens with one attached hydrogen (secondary N) is 1. The Bertz CT molecular complexity index is 850. The van der Waals surface area contributed by atoms with E-state index in [1.807, 2.05) is 45.0 Å². The molecule has 2 aromatic carbocycles. The molecule has 0 aromatic heterocycles. The number of carbonyl (C=O) groups is 2. The molecule has 0 fully saturated rings. The predicted molar refractivity (Wildman–Crippen MR) is 114 cm³/mol. The zero-order valence-electron chi connectivity index (χ0n) is 17.0. The second-order valence-electron chi connectivity index (χ2n) is 7.78. The number of benzene rings is 2. The largest absolute Gasteiger partial charge is 0.481 e. The van der Waals surface area contributed by atoms with Gasteiger partial charge in [-0.3, -0.25) is 9.59 Å². The molecule has 29 heavy (non-hydrogen) atoms. The molecule has 5 nitrogen and oxygen atoms in total. The maximum atomic E-state index is 13.8. The number of carbonyl (C=O) groups excluding carboxylic acids is 2. The molecule has 0 spiro atoms. The second kappa shape index (κ2) is 9.87. The van der Waals surface area contributed by atoms with E-state index in [0.29, 0.717) is 0 Å². The van der Waals surface area contributed by atoms with Crippen molar-refractivity contribution in [3.05, 3.63) is 64.4 Å². The van der Waals surface area contributed by atoms with Gasteiger partial charge < -0.3 is 15.0 Å². The van der Waals surface area contributed by atoms with Crippen molar-refractivity contribution in [1.82, 2.24) is 10.2 Å². The molecule has 1 unspecified atom stereocenters. The van der Waals surface area contributed by atoms with E-state index in [2.05, 4.69) is 21.2 Å². The number of rotatable bonds is 7. The zero-order valence-corrected chi connectivity index (χ0v) is 18.6. The van der Waals surface area contributed by atoms with Crippen molar-refractivity contribution in [2.24, 2.45) is 0 Å². The van der Waals surface area contributed by atoms with Gasteiger partial charge in [0.1, 0.15) is 6.04 Å². The van der Waals surface area contributed by atoms with Gasteiger partial charge in [0.05, 0.1) is 0 Å². The lowest BCUT2D eigenvalue weighted by molar-refractivity contribution is -0.142. The summed E-state index contributed by atoms with van der Waals surface area (Å²) in [6.45, 7) is 7.15. The van der Waals surface area contributed by atoms with Crippen LogP contribution in [0.25, 0.3) is 0 Å². The highest BCUT2D eigenvalue weighted by Gasteiger charge is 2.28. The molecule has 1 atom stereocenters. The van der Waals surface area contributed by atoms with Crippen molar-refractivity contribution in [3.8, 4) is 5.75 Å². The fourth-order valence-corrected chi connectivity index (χ4v) is 2.89. The second-order valence-corrected chi connectivity index (χ2v) is 8.70. The molecular weight excluding hydrogens is 439 g/mol. The summed E-state index contributed by atoms with van der Waals surface area (Å²) in [6.07, 6.45) is 0. The van der Waals surface area contributed by atoms with Crippen LogP contribution in [0, 0.1) is 5.82 Å². The molecule has 2 amide bonds. The van der Waals surface area contributed by atoms with Crippen molar-refractivity contribution >= 4 is 27.7 Å². The molecule has 0 aliphatic rings. The molecule has 0 saturated carbocycles. The van der Waals surface area contributed by atoms with E-state index in [-0.39, 0.29) is 24.8 Å². The monoisotopic (exact) mass is 464 g/mol. The Labute approximate surface area is 179 Å². The molecule has 0 aliphatic carbocycles. The Kier molecular flexibility index (Phi) is 7.79. The number of hydrogen-bond donors (Lipinski definition) is 1. The van der Waals surface area contributed by atoms with E-state index in [4.69, 9.17) is 4.74 Å². The predicted octanol–water partition coefficient (Wildman–Crippen LogP) is 4.30. The van der Waals surface area contributed by atoms with Crippen LogP contribution in [0.3, 0.4) is 0 Å². The highest BCUT2D eigenvalue weighted by Crippen LogP contribution is 2.17. The van der Waals surface area contributed by atoms with Gasteiger partial charge in [-0.1, -0.05) is 40.2 Å². The average Bonchev–Trinajstić information content (AvgIpc) is 2.64. The van der Waals surface area contributed by atoms with Crippen LogP contribution in [0.15, 0.2) is 53.0 Å². The number of ether oxygens (including phenoxy) is 1. The number of halogens is 2. The lowest BCUT2D eigenvalue weighted by Crippen LogP contribution is -2.53. The van der Waals surface area contributed by atoms with Gasteiger partial charge in [0, 0.05) is 16.6 Å². The molecule has 7 heteroatoms. The van der Waals surface area contributed by atoms with E-state index in [0.717, 1.165) is 10.0 Å². The Morgan fingerprint density at radius 3 is 2.34 bits per heavy atom. The molecule has 1 N–H and O–H groups in total. The Morgan fingerprint density at radius 1 is 1.14 bits per heavy atom. The Morgan fingerprint density at radius 2 is 1.76 bits per heavy atom. The van der Waals surface area contributed by atoms with E-state index in [1.165, 1.54) is 17.0 Å². The summed E-state index contributed by atoms with van der Waals surface area (Å²) in [5.41, 5.74) is 0.435. The van der Waals surface area contributed by atoms with Gasteiger partial charge in [0.15, 0.2) is 18.2 Å². The SMILES string of the molecule is CC(C(=O)NC(C)(C)C)N(Cc1ccc(Br)cc1)C(=O)COc1ccccc1F. The minimum atomic E-state index is -0.727. The molecule has 156 valence electrons. The van der Waals surface area contributed by atoms with Crippen LogP contribution in [0.1, 0.15) is 33.3 Å². The van der Waals surface area contributed by atoms with Gasteiger partial charge >= 0.3 is 0 Å². The Hall–Kier alpha value is -2.41. The average molecular weight is 465 g/mol. The van der Waals surface area contributed by atoms with Crippen molar-refractivity contribution in [3.63, 3.8) is 0 Å². The summed E-state index contributed by atoms with van der Waals surface area (Å²) < 4.78 is 20.1. The molecule has 0 bridgehead atoms. The third-order valence-electron chi connectivity index (χ3n) is 4.12. The van der Waals surface area contributed by atoms with Crippen LogP contribution in [-0.4, -0.2) is 34.9 Å². The van der Waals surface area contributed by atoms with Crippen molar-refractivity contribution in [2.45, 2.75) is 45.8 Å². The number of amides is 2. The quantitative estimate of drug-likeness (QED) is 0.664. The topological polar surface area (TPSA) is 58.6 Å². The minimum absolute atomic E-state index is 0.00348. The first-order valence-corrected chi connectivity index (χ1v) is 10.1. The van der Waals surface area contributed by atoms with Crippen molar-refractivity contribution in [2.75, 3.05) is 6.61 Å². The van der Waals surface area contributed by atoms with Gasteiger partial charge in [-0.25, -0.2) is 4.39 Å². The normalized spacial score (nSPS) is 12.2. The van der Waals surface area contributed by atoms with Crippen LogP contribution in [0.2, 0.25) is 0 Å². The van der Waals surface area contributed by atoms with E-state index in [1.54, 1.807) is 19.1 Å². The lowest BCUT2D eigenvalue weighted by Gasteiger charge is -2.31. The molecule has 0 heterocycles. The number of nitrogens with zero attached hydrogens (tertiary/aromatic N) is 1. The van der Waals surface area contributed by atoms with Crippen LogP contribution < -0.4 is 10.1 Å². The van der Waals surface area contributed by atoms with Crippen molar-refractivity contribution < 1.29 is 18.7 Å². The molecule has 0 saturated heterocycles. The molecular formula is C22H26BrFN2O3. The summed E-state index contributed by atoms with van der Waals surface area (Å²) >= 11 is 3.38. The summed E-state index contributed by atoms with van der Waals surface area (Å²) in [5.74, 6) is -1.23. The zero-order chi connectivity index (χ0) is 21.6. The molecule has 0 radical (unpaired) electrons. The van der Waals surface area contributed by atoms with Crippen LogP contribution in [-0.2, 0) is 16.1 Å². The maximum Gasteiger partial charge on any atom is 0.261 e. The molecule has 2 rings (SSSR count). The van der Waals surface area contributed by atoms with E-state index < -0.39 is 23.3 Å². The molecule has 0 aliphatic heterocycles. The molecule has 2 aromatic rings. The smallest absolute Gasteiger partial charge is 0.261 e. The summed E-state index contributed by atoms with van der Waals surface area (Å²) in [7, 11) is 0. The van der Waals surface area contributed by atoms with E-state index >= 15 is 0 Å². The maximum absolute atomic E-state index is 13.8. The Balaban J connectivity index is 2.18. The third-order valence-corrected chi connectivity index (χ3v) is 4.65. The standard InChI is InChI=1S/C22H26BrFN2O3/c1-15(21(28)25-22(2,3)4)26(13-16-9-11-17(23)12-10-16)20(27)14-29-19-8-6-5-7-18(19)24/h5-12,15H,13-14H2,1-4H3,(H,25,28). The lowest BCUT2D eigenvalue weighted by atomic mass is 10.1. The van der Waals surface area contributed by atoms with Crippen LogP contribution >= 0.6 is 15.9 Å². The van der Waals surface area contributed by atoms with Gasteiger partial charge in [-0.2, -0.15) is 0 Å². The van der Waals surface area contributed by atoms with E-state index in [9.17, 15) is 14.0 Å². The first-order chi connectivity index (χ1) is 13.6. The highest BCUT2D eigenvalue weighted by molar-refractivity contribution is 9.10. The number of para-hydroxylation sites is 1. The summed E-state index contributed by atoms with van der Waals surface area (Å²) in [6, 6.07) is 12.6. The van der Waals surface area contributed by atoms with Gasteiger partial charge in [-0.05, 0) is 57.5 Å². The van der Waals surface area contributed by atoms with Gasteiger partial charge in [0.25, 0.3) is 5.91 Å². The minimum Gasteiger partial charge on any atom is -0.481 e. The van der Waals surface area contributed by atoms with Crippen LogP contribution in [0.5, 0.6) is 5.75 Å². The van der Waals surface area contributed by atoms with Gasteiger partial charge in [0.2, 0.25) is 5.91 Å². The van der Waals surface area contributed by atoms with Gasteiger partial charge in [-0.15, -0.1) is 0 Å². The highest BCUT2D eigenvalue weighted by atomic mass is 79.9. The first-order valence-electron chi connectivity index (χ1n) is 9.30.